The van der Waals surface area contributed by atoms with Crippen molar-refractivity contribution in [2.24, 2.45) is 5.10 Å². The lowest BCUT2D eigenvalue weighted by Gasteiger charge is -2.26. The number of anilines is 2. The highest BCUT2D eigenvalue weighted by atomic mass is 35.5. The molecular weight excluding hydrogens is 342 g/mol. The maximum Gasteiger partial charge on any atom is 0.245 e. The fourth-order valence-electron chi connectivity index (χ4n) is 2.81. The van der Waals surface area contributed by atoms with Crippen molar-refractivity contribution in [3.05, 3.63) is 41.0 Å². The molecular formula is C17H18ClN5O2. The highest BCUT2D eigenvalue weighted by Gasteiger charge is 2.24. The number of halogens is 1. The molecule has 1 aromatic heterocycles. The molecule has 0 spiro atoms. The number of rotatable bonds is 3. The van der Waals surface area contributed by atoms with Gasteiger partial charge in [-0.2, -0.15) is 4.98 Å². The Kier molecular flexibility index (Phi) is 4.42. The summed E-state index contributed by atoms with van der Waals surface area (Å²) in [5.41, 5.74) is 0.728. The van der Waals surface area contributed by atoms with Crippen LogP contribution >= 0.6 is 11.6 Å². The first kappa shape index (κ1) is 16.1. The van der Waals surface area contributed by atoms with Crippen molar-refractivity contribution in [2.75, 3.05) is 30.6 Å². The van der Waals surface area contributed by atoms with Crippen molar-refractivity contribution in [3.8, 4) is 5.75 Å². The topological polar surface area (TPSA) is 71.9 Å². The number of nitrogens with zero attached hydrogens (tertiary/aromatic N) is 4. The number of aromatic nitrogens is 2. The third-order valence-electron chi connectivity index (χ3n) is 4.15. The van der Waals surface area contributed by atoms with Crippen LogP contribution < -0.4 is 15.1 Å². The summed E-state index contributed by atoms with van der Waals surface area (Å²) in [4.78, 5) is 8.91. The van der Waals surface area contributed by atoms with Gasteiger partial charge in [0, 0.05) is 26.3 Å². The molecule has 2 aromatic rings. The normalized spacial score (nSPS) is 17.5. The molecule has 8 heteroatoms. The van der Waals surface area contributed by atoms with Gasteiger partial charge in [-0.15, -0.1) is 5.10 Å². The Morgan fingerprint density at radius 2 is 2.04 bits per heavy atom. The first-order valence-corrected chi connectivity index (χ1v) is 8.55. The minimum atomic E-state index is 0.323. The largest absolute Gasteiger partial charge is 0.431 e. The van der Waals surface area contributed by atoms with Crippen LogP contribution in [-0.4, -0.2) is 42.2 Å². The van der Waals surface area contributed by atoms with E-state index in [1.165, 1.54) is 0 Å². The minimum Gasteiger partial charge on any atom is -0.431 e. The van der Waals surface area contributed by atoms with Crippen molar-refractivity contribution in [2.45, 2.75) is 18.9 Å². The maximum absolute atomic E-state index is 6.24. The van der Waals surface area contributed by atoms with E-state index in [1.54, 1.807) is 17.3 Å². The Morgan fingerprint density at radius 1 is 1.24 bits per heavy atom. The van der Waals surface area contributed by atoms with Crippen LogP contribution in [0, 0.1) is 0 Å². The van der Waals surface area contributed by atoms with Crippen LogP contribution in [0.3, 0.4) is 0 Å². The molecule has 130 valence electrons. The number of hydrogen-bond acceptors (Lipinski definition) is 7. The minimum absolute atomic E-state index is 0.323. The van der Waals surface area contributed by atoms with Crippen LogP contribution in [0.15, 0.2) is 35.6 Å². The summed E-state index contributed by atoms with van der Waals surface area (Å²) in [5, 5.41) is 10.1. The maximum atomic E-state index is 6.24. The van der Waals surface area contributed by atoms with Gasteiger partial charge in [0.25, 0.3) is 0 Å². The Bertz CT molecular complexity index is 807. The zero-order valence-electron chi connectivity index (χ0n) is 13.8. The van der Waals surface area contributed by atoms with Crippen molar-refractivity contribution in [1.29, 1.82) is 0 Å². The monoisotopic (exact) mass is 359 g/mol. The Hall–Kier alpha value is -2.38. The number of benzene rings is 1. The summed E-state index contributed by atoms with van der Waals surface area (Å²) in [5.74, 6) is 2.15. The molecule has 0 radical (unpaired) electrons. The van der Waals surface area contributed by atoms with E-state index >= 15 is 0 Å². The van der Waals surface area contributed by atoms with Gasteiger partial charge in [-0.3, -0.25) is 0 Å². The summed E-state index contributed by atoms with van der Waals surface area (Å²) in [6.07, 6.45) is 3.55. The van der Waals surface area contributed by atoms with Crippen LogP contribution in [0.2, 0.25) is 5.02 Å². The molecule has 0 bridgehead atoms. The zero-order chi connectivity index (χ0) is 17.2. The lowest BCUT2D eigenvalue weighted by molar-refractivity contribution is 0.0903. The van der Waals surface area contributed by atoms with Gasteiger partial charge in [0.15, 0.2) is 11.6 Å². The number of ether oxygens (including phenoxy) is 2. The standard InChI is InChI=1S/C17H18ClN5O2/c1-23-15-14(25-16(22-23)12-4-2-3-5-13(12)18)10-19-17(21-15)20-11-6-8-24-9-7-11/h2-5,10-11H,6-9H2,1H3,(H,19,20,21). The quantitative estimate of drug-likeness (QED) is 0.908. The second kappa shape index (κ2) is 6.85. The van der Waals surface area contributed by atoms with Gasteiger partial charge in [0.05, 0.1) is 16.8 Å². The van der Waals surface area contributed by atoms with Gasteiger partial charge >= 0.3 is 0 Å². The van der Waals surface area contributed by atoms with Gasteiger partial charge < -0.3 is 14.8 Å². The number of fused-ring (bicyclic) bond motifs is 1. The van der Waals surface area contributed by atoms with Crippen LogP contribution in [0.4, 0.5) is 11.8 Å². The fraction of sp³-hybridized carbons (Fsp3) is 0.353. The molecule has 0 amide bonds. The second-order valence-electron chi connectivity index (χ2n) is 5.92. The van der Waals surface area contributed by atoms with Gasteiger partial charge in [0.2, 0.25) is 11.8 Å². The van der Waals surface area contributed by atoms with E-state index in [4.69, 9.17) is 21.1 Å². The first-order valence-electron chi connectivity index (χ1n) is 8.17. The third kappa shape index (κ3) is 3.38. The van der Waals surface area contributed by atoms with Crippen molar-refractivity contribution in [1.82, 2.24) is 9.97 Å². The molecule has 2 aliphatic rings. The molecule has 25 heavy (non-hydrogen) atoms. The zero-order valence-corrected chi connectivity index (χ0v) is 14.5. The van der Waals surface area contributed by atoms with E-state index in [2.05, 4.69) is 20.4 Å². The highest BCUT2D eigenvalue weighted by Crippen LogP contribution is 2.32. The van der Waals surface area contributed by atoms with Crippen molar-refractivity contribution >= 4 is 29.3 Å². The number of nitrogens with one attached hydrogen (secondary N) is 1. The van der Waals surface area contributed by atoms with Gasteiger partial charge in [-0.25, -0.2) is 9.99 Å². The molecule has 2 aliphatic heterocycles. The van der Waals surface area contributed by atoms with Gasteiger partial charge in [0.1, 0.15) is 0 Å². The summed E-state index contributed by atoms with van der Waals surface area (Å²) >= 11 is 6.24. The summed E-state index contributed by atoms with van der Waals surface area (Å²) in [6, 6.07) is 7.74. The molecule has 1 fully saturated rings. The molecule has 0 saturated carbocycles. The summed E-state index contributed by atoms with van der Waals surface area (Å²) in [7, 11) is 1.82. The third-order valence-corrected chi connectivity index (χ3v) is 4.48. The molecule has 0 atom stereocenters. The number of hydrazone groups is 1. The van der Waals surface area contributed by atoms with E-state index in [1.807, 2.05) is 25.2 Å². The van der Waals surface area contributed by atoms with E-state index in [0.29, 0.717) is 34.5 Å². The summed E-state index contributed by atoms with van der Waals surface area (Å²) < 4.78 is 11.2. The van der Waals surface area contributed by atoms with Crippen LogP contribution in [0.5, 0.6) is 5.75 Å². The molecule has 7 nitrogen and oxygen atoms in total. The second-order valence-corrected chi connectivity index (χ2v) is 6.33. The highest BCUT2D eigenvalue weighted by molar-refractivity contribution is 6.34. The average Bonchev–Trinajstić information content (AvgIpc) is 2.63. The van der Waals surface area contributed by atoms with E-state index in [-0.39, 0.29) is 0 Å². The average molecular weight is 360 g/mol. The van der Waals surface area contributed by atoms with Gasteiger partial charge in [-0.1, -0.05) is 23.7 Å². The van der Waals surface area contributed by atoms with Crippen molar-refractivity contribution in [3.63, 3.8) is 0 Å². The lowest BCUT2D eigenvalue weighted by Crippen LogP contribution is -2.30. The number of hydrogen-bond donors (Lipinski definition) is 1. The fourth-order valence-corrected chi connectivity index (χ4v) is 3.03. The predicted molar refractivity (Wildman–Crippen MR) is 96.5 cm³/mol. The van der Waals surface area contributed by atoms with E-state index in [0.717, 1.165) is 31.6 Å². The predicted octanol–water partition coefficient (Wildman–Crippen LogP) is 2.91. The molecule has 3 heterocycles. The SMILES string of the molecule is CN1N=C(c2ccccc2Cl)Oc2cnc(NC3CCOCC3)nc21. The molecule has 1 N–H and O–H groups in total. The molecule has 4 rings (SSSR count). The van der Waals surface area contributed by atoms with Crippen molar-refractivity contribution < 1.29 is 9.47 Å². The molecule has 0 unspecified atom stereocenters. The van der Waals surface area contributed by atoms with Crippen LogP contribution in [0.1, 0.15) is 18.4 Å². The molecule has 1 saturated heterocycles. The Morgan fingerprint density at radius 3 is 2.84 bits per heavy atom. The van der Waals surface area contributed by atoms with Crippen LogP contribution in [-0.2, 0) is 4.74 Å². The Labute approximate surface area is 150 Å². The first-order chi connectivity index (χ1) is 12.2. The summed E-state index contributed by atoms with van der Waals surface area (Å²) in [6.45, 7) is 1.52. The van der Waals surface area contributed by atoms with Gasteiger partial charge in [-0.05, 0) is 25.0 Å². The van der Waals surface area contributed by atoms with E-state index < -0.39 is 0 Å². The molecule has 1 aromatic carbocycles. The molecule has 0 aliphatic carbocycles. The Balaban J connectivity index is 1.57. The smallest absolute Gasteiger partial charge is 0.245 e. The van der Waals surface area contributed by atoms with Crippen LogP contribution in [0.25, 0.3) is 0 Å². The van der Waals surface area contributed by atoms with E-state index in [9.17, 15) is 0 Å². The lowest BCUT2D eigenvalue weighted by atomic mass is 10.1.